The maximum absolute atomic E-state index is 13.1. The highest BCUT2D eigenvalue weighted by Crippen LogP contribution is 2.48. The first-order valence-corrected chi connectivity index (χ1v) is 8.12. The monoisotopic (exact) mass is 307 g/mol. The molecule has 1 saturated carbocycles. The Hall–Kier alpha value is -1.36. The Morgan fingerprint density at radius 3 is 2.59 bits per heavy atom. The molecule has 1 saturated heterocycles. The third-order valence-electron chi connectivity index (χ3n) is 4.84. The topological polar surface area (TPSA) is 70.2 Å². The quantitative estimate of drug-likeness (QED) is 0.684. The molecule has 124 valence electrons. The second kappa shape index (κ2) is 6.03. The molecule has 3 N–H and O–H groups in total. The van der Waals surface area contributed by atoms with Crippen molar-refractivity contribution in [1.29, 1.82) is 0 Å². The Kier molecular flexibility index (Phi) is 4.66. The van der Waals surface area contributed by atoms with Crippen molar-refractivity contribution in [2.75, 3.05) is 13.1 Å². The fourth-order valence-corrected chi connectivity index (χ4v) is 4.16. The first kappa shape index (κ1) is 17.0. The molecule has 0 aromatic rings. The smallest absolute Gasteiger partial charge is 0.246 e. The van der Waals surface area contributed by atoms with E-state index in [-0.39, 0.29) is 23.3 Å². The Bertz CT molecular complexity index is 469. The molecule has 2 aliphatic rings. The lowest BCUT2D eigenvalue weighted by Gasteiger charge is -2.38. The lowest BCUT2D eigenvalue weighted by Crippen LogP contribution is -2.64. The SMILES string of the molecule is C=CCC1C2CNC[C@@H]2CC1(NC(C)=O)C(=O)NC(C)(C)C. The Morgan fingerprint density at radius 1 is 1.36 bits per heavy atom. The van der Waals surface area contributed by atoms with E-state index in [0.717, 1.165) is 19.5 Å². The molecule has 1 aliphatic carbocycles. The Morgan fingerprint density at radius 2 is 2.05 bits per heavy atom. The molecule has 22 heavy (non-hydrogen) atoms. The van der Waals surface area contributed by atoms with Crippen molar-refractivity contribution >= 4 is 11.8 Å². The van der Waals surface area contributed by atoms with Crippen LogP contribution in [0.15, 0.2) is 12.7 Å². The fraction of sp³-hybridized carbons (Fsp3) is 0.765. The van der Waals surface area contributed by atoms with Crippen LogP contribution in [0.5, 0.6) is 0 Å². The van der Waals surface area contributed by atoms with Gasteiger partial charge >= 0.3 is 0 Å². The van der Waals surface area contributed by atoms with Crippen LogP contribution in [0.2, 0.25) is 0 Å². The number of rotatable bonds is 4. The van der Waals surface area contributed by atoms with Gasteiger partial charge in [-0.25, -0.2) is 0 Å². The average Bonchev–Trinajstić information content (AvgIpc) is 2.89. The van der Waals surface area contributed by atoms with E-state index in [9.17, 15) is 9.59 Å². The predicted molar refractivity (Wildman–Crippen MR) is 87.2 cm³/mol. The van der Waals surface area contributed by atoms with Crippen LogP contribution in [0, 0.1) is 17.8 Å². The molecule has 0 spiro atoms. The maximum atomic E-state index is 13.1. The summed E-state index contributed by atoms with van der Waals surface area (Å²) in [7, 11) is 0. The molecule has 5 nitrogen and oxygen atoms in total. The van der Waals surface area contributed by atoms with Crippen LogP contribution >= 0.6 is 0 Å². The van der Waals surface area contributed by atoms with Gasteiger partial charge in [0, 0.05) is 12.5 Å². The van der Waals surface area contributed by atoms with Gasteiger partial charge in [0.25, 0.3) is 0 Å². The van der Waals surface area contributed by atoms with Crippen molar-refractivity contribution in [3.63, 3.8) is 0 Å². The molecule has 5 heteroatoms. The first-order chi connectivity index (χ1) is 10.2. The van der Waals surface area contributed by atoms with E-state index in [0.29, 0.717) is 18.3 Å². The first-order valence-electron chi connectivity index (χ1n) is 8.12. The third kappa shape index (κ3) is 3.19. The highest BCUT2D eigenvalue weighted by Gasteiger charge is 2.58. The largest absolute Gasteiger partial charge is 0.349 e. The second-order valence-corrected chi connectivity index (χ2v) is 7.77. The van der Waals surface area contributed by atoms with E-state index in [1.807, 2.05) is 26.8 Å². The second-order valence-electron chi connectivity index (χ2n) is 7.77. The van der Waals surface area contributed by atoms with Crippen LogP contribution in [0.25, 0.3) is 0 Å². The minimum absolute atomic E-state index is 0.0588. The molecule has 4 atom stereocenters. The summed E-state index contributed by atoms with van der Waals surface area (Å²) in [6.45, 7) is 13.1. The molecule has 0 aromatic carbocycles. The summed E-state index contributed by atoms with van der Waals surface area (Å²) in [4.78, 5) is 24.9. The highest BCUT2D eigenvalue weighted by molar-refractivity contribution is 5.92. The van der Waals surface area contributed by atoms with Gasteiger partial charge in [0.1, 0.15) is 5.54 Å². The van der Waals surface area contributed by atoms with Gasteiger partial charge in [-0.3, -0.25) is 9.59 Å². The summed E-state index contributed by atoms with van der Waals surface area (Å²) in [6.07, 6.45) is 3.30. The number of carbonyl (C=O) groups is 2. The number of allylic oxidation sites excluding steroid dienone is 1. The van der Waals surface area contributed by atoms with Crippen LogP contribution in [0.3, 0.4) is 0 Å². The number of hydrogen-bond donors (Lipinski definition) is 3. The molecule has 0 radical (unpaired) electrons. The molecule has 0 bridgehead atoms. The van der Waals surface area contributed by atoms with Crippen LogP contribution in [0.4, 0.5) is 0 Å². The van der Waals surface area contributed by atoms with Crippen LogP contribution < -0.4 is 16.0 Å². The van der Waals surface area contributed by atoms with Gasteiger partial charge in [0.05, 0.1) is 0 Å². The number of fused-ring (bicyclic) bond motifs is 1. The molecule has 2 rings (SSSR count). The summed E-state index contributed by atoms with van der Waals surface area (Å²) < 4.78 is 0. The van der Waals surface area contributed by atoms with E-state index in [1.165, 1.54) is 6.92 Å². The van der Waals surface area contributed by atoms with E-state index < -0.39 is 5.54 Å². The molecular weight excluding hydrogens is 278 g/mol. The van der Waals surface area contributed by atoms with E-state index >= 15 is 0 Å². The van der Waals surface area contributed by atoms with Gasteiger partial charge in [-0.05, 0) is 64.5 Å². The minimum Gasteiger partial charge on any atom is -0.349 e. The van der Waals surface area contributed by atoms with Crippen LogP contribution in [0.1, 0.15) is 40.5 Å². The van der Waals surface area contributed by atoms with E-state index in [1.54, 1.807) is 0 Å². The minimum atomic E-state index is -0.815. The van der Waals surface area contributed by atoms with Crippen molar-refractivity contribution in [3.8, 4) is 0 Å². The van der Waals surface area contributed by atoms with E-state index in [4.69, 9.17) is 0 Å². The van der Waals surface area contributed by atoms with Gasteiger partial charge in [-0.1, -0.05) is 6.08 Å². The molecule has 1 heterocycles. The number of hydrogen-bond acceptors (Lipinski definition) is 3. The Labute approximate surface area is 133 Å². The van der Waals surface area contributed by atoms with Crippen molar-refractivity contribution in [2.24, 2.45) is 17.8 Å². The van der Waals surface area contributed by atoms with Crippen LogP contribution in [-0.2, 0) is 9.59 Å². The maximum Gasteiger partial charge on any atom is 0.246 e. The third-order valence-corrected chi connectivity index (χ3v) is 4.84. The number of nitrogens with one attached hydrogen (secondary N) is 3. The van der Waals surface area contributed by atoms with Gasteiger partial charge in [-0.15, -0.1) is 6.58 Å². The lowest BCUT2D eigenvalue weighted by atomic mass is 9.79. The van der Waals surface area contributed by atoms with Crippen molar-refractivity contribution in [3.05, 3.63) is 12.7 Å². The van der Waals surface area contributed by atoms with Gasteiger partial charge in [0.2, 0.25) is 11.8 Å². The predicted octanol–water partition coefficient (Wildman–Crippen LogP) is 1.21. The highest BCUT2D eigenvalue weighted by atomic mass is 16.2. The molecule has 2 amide bonds. The van der Waals surface area contributed by atoms with Gasteiger partial charge < -0.3 is 16.0 Å². The number of amides is 2. The number of carbonyl (C=O) groups excluding carboxylic acids is 2. The average molecular weight is 307 g/mol. The van der Waals surface area contributed by atoms with E-state index in [2.05, 4.69) is 22.5 Å². The fourth-order valence-electron chi connectivity index (χ4n) is 4.16. The summed E-state index contributed by atoms with van der Waals surface area (Å²) in [5.74, 6) is 0.733. The zero-order valence-electron chi connectivity index (χ0n) is 14.2. The molecular formula is C17H29N3O2. The summed E-state index contributed by atoms with van der Waals surface area (Å²) >= 11 is 0. The summed E-state index contributed by atoms with van der Waals surface area (Å²) in [6, 6.07) is 0. The summed E-state index contributed by atoms with van der Waals surface area (Å²) in [5, 5.41) is 9.50. The molecule has 3 unspecified atom stereocenters. The van der Waals surface area contributed by atoms with Gasteiger partial charge in [0.15, 0.2) is 0 Å². The summed E-state index contributed by atoms with van der Waals surface area (Å²) in [5.41, 5.74) is -1.14. The van der Waals surface area contributed by atoms with Crippen molar-refractivity contribution < 1.29 is 9.59 Å². The molecule has 2 fully saturated rings. The van der Waals surface area contributed by atoms with Gasteiger partial charge in [-0.2, -0.15) is 0 Å². The standard InChI is InChI=1S/C17H29N3O2/c1-6-7-14-13-10-18-9-12(13)8-17(14,19-11(2)21)15(22)20-16(3,4)5/h6,12-14,18H,1,7-10H2,2-5H3,(H,19,21)(H,20,22)/t12-,13?,14?,17?/m0/s1. The molecule has 1 aliphatic heterocycles. The zero-order valence-corrected chi connectivity index (χ0v) is 14.2. The zero-order chi connectivity index (χ0) is 16.5. The lowest BCUT2D eigenvalue weighted by molar-refractivity contribution is -0.136. The van der Waals surface area contributed by atoms with Crippen LogP contribution in [-0.4, -0.2) is 36.0 Å². The normalized spacial score (nSPS) is 34.1. The Balaban J connectivity index is 2.36. The molecule has 0 aromatic heterocycles. The van der Waals surface area contributed by atoms with Crippen molar-refractivity contribution in [1.82, 2.24) is 16.0 Å². The van der Waals surface area contributed by atoms with Crippen molar-refractivity contribution in [2.45, 2.75) is 51.6 Å².